The molecule has 2 unspecified atom stereocenters. The first-order valence-corrected chi connectivity index (χ1v) is 10.6. The molecule has 1 aliphatic heterocycles. The molecule has 1 saturated heterocycles. The average Bonchev–Trinajstić information content (AvgIpc) is 2.70. The van der Waals surface area contributed by atoms with E-state index in [1.165, 1.54) is 0 Å². The van der Waals surface area contributed by atoms with E-state index in [0.29, 0.717) is 18.5 Å². The largest absolute Gasteiger partial charge is 0.370 e. The van der Waals surface area contributed by atoms with Crippen LogP contribution in [0.15, 0.2) is 29.3 Å². The van der Waals surface area contributed by atoms with Crippen LogP contribution in [0.3, 0.4) is 0 Å². The number of hydrogen-bond acceptors (Lipinski definition) is 3. The molecule has 0 aliphatic carbocycles. The highest BCUT2D eigenvalue weighted by atomic mass is 127. The molecule has 30 heavy (non-hydrogen) atoms. The van der Waals surface area contributed by atoms with Crippen molar-refractivity contribution in [1.82, 2.24) is 15.5 Å². The van der Waals surface area contributed by atoms with Gasteiger partial charge in [-0.25, -0.2) is 4.99 Å². The SMILES string of the molecule is CCNC(=NCc1cccc(C(=O)NC(C)CC)c1)N1CCCC(CC(N)=O)C1.I. The number of carbonyl (C=O) groups is 2. The van der Waals surface area contributed by atoms with Gasteiger partial charge in [-0.3, -0.25) is 9.59 Å². The number of nitrogens with one attached hydrogen (secondary N) is 2. The Labute approximate surface area is 197 Å². The van der Waals surface area contributed by atoms with Gasteiger partial charge in [-0.05, 0) is 56.7 Å². The van der Waals surface area contributed by atoms with Gasteiger partial charge in [0.2, 0.25) is 5.91 Å². The van der Waals surface area contributed by atoms with Gasteiger partial charge in [0.1, 0.15) is 0 Å². The Morgan fingerprint density at radius 2 is 2.10 bits per heavy atom. The van der Waals surface area contributed by atoms with Gasteiger partial charge >= 0.3 is 0 Å². The summed E-state index contributed by atoms with van der Waals surface area (Å²) in [6.07, 6.45) is 3.36. The number of amides is 2. The Bertz CT molecular complexity index is 725. The lowest BCUT2D eigenvalue weighted by Gasteiger charge is -2.34. The van der Waals surface area contributed by atoms with E-state index in [0.717, 1.165) is 50.4 Å². The molecule has 0 radical (unpaired) electrons. The predicted molar refractivity (Wildman–Crippen MR) is 132 cm³/mol. The van der Waals surface area contributed by atoms with Gasteiger partial charge in [-0.15, -0.1) is 24.0 Å². The topological polar surface area (TPSA) is 99.8 Å². The van der Waals surface area contributed by atoms with Crippen molar-refractivity contribution in [3.63, 3.8) is 0 Å². The zero-order valence-corrected chi connectivity index (χ0v) is 20.6. The van der Waals surface area contributed by atoms with E-state index in [1.807, 2.05) is 45.0 Å². The summed E-state index contributed by atoms with van der Waals surface area (Å²) in [4.78, 5) is 30.6. The maximum atomic E-state index is 12.4. The normalized spacial score (nSPS) is 17.6. The minimum atomic E-state index is -0.244. The number of benzene rings is 1. The summed E-state index contributed by atoms with van der Waals surface area (Å²) in [5.41, 5.74) is 7.02. The van der Waals surface area contributed by atoms with E-state index < -0.39 is 0 Å². The number of likely N-dealkylation sites (tertiary alicyclic amines) is 1. The summed E-state index contributed by atoms with van der Waals surface area (Å²) in [5.74, 6) is 0.822. The second-order valence-corrected chi connectivity index (χ2v) is 7.78. The number of carbonyl (C=O) groups excluding carboxylic acids is 2. The van der Waals surface area contributed by atoms with Gasteiger partial charge in [-0.2, -0.15) is 0 Å². The molecule has 8 heteroatoms. The number of rotatable bonds is 8. The van der Waals surface area contributed by atoms with Crippen LogP contribution in [0.2, 0.25) is 0 Å². The Morgan fingerprint density at radius 3 is 2.77 bits per heavy atom. The molecule has 1 aromatic carbocycles. The lowest BCUT2D eigenvalue weighted by Crippen LogP contribution is -2.47. The molecular weight excluding hydrogens is 493 g/mol. The predicted octanol–water partition coefficient (Wildman–Crippen LogP) is 2.89. The van der Waals surface area contributed by atoms with Crippen LogP contribution in [-0.4, -0.2) is 48.3 Å². The summed E-state index contributed by atoms with van der Waals surface area (Å²) in [6.45, 7) is 9.05. The van der Waals surface area contributed by atoms with E-state index in [9.17, 15) is 9.59 Å². The first kappa shape index (κ1) is 26.2. The fraction of sp³-hybridized carbons (Fsp3) is 0.591. The zero-order valence-electron chi connectivity index (χ0n) is 18.3. The van der Waals surface area contributed by atoms with Crippen LogP contribution in [0.4, 0.5) is 0 Å². The molecule has 1 heterocycles. The van der Waals surface area contributed by atoms with Crippen molar-refractivity contribution < 1.29 is 9.59 Å². The Kier molecular flexibility index (Phi) is 11.8. The Hall–Kier alpha value is -1.84. The second-order valence-electron chi connectivity index (χ2n) is 7.78. The van der Waals surface area contributed by atoms with Crippen molar-refractivity contribution in [1.29, 1.82) is 0 Å². The molecule has 0 spiro atoms. The minimum absolute atomic E-state index is 0. The Balaban J connectivity index is 0.00000450. The van der Waals surface area contributed by atoms with Crippen LogP contribution in [0.5, 0.6) is 0 Å². The van der Waals surface area contributed by atoms with Gasteiger partial charge in [0.05, 0.1) is 6.54 Å². The third kappa shape index (κ3) is 8.49. The monoisotopic (exact) mass is 529 g/mol. The standard InChI is InChI=1S/C22H35N5O2.HI/c1-4-16(3)26-21(29)19-10-6-8-17(12-19)14-25-22(24-5-2)27-11-7-9-18(15-27)13-20(23)28;/h6,8,10,12,16,18H,4-5,7,9,11,13-15H2,1-3H3,(H2,23,28)(H,24,25)(H,26,29);1H. The van der Waals surface area contributed by atoms with E-state index >= 15 is 0 Å². The molecule has 0 aromatic heterocycles. The van der Waals surface area contributed by atoms with Gasteiger partial charge in [0, 0.05) is 37.7 Å². The summed E-state index contributed by atoms with van der Waals surface area (Å²) in [5, 5.41) is 6.35. The fourth-order valence-electron chi connectivity index (χ4n) is 3.52. The Morgan fingerprint density at radius 1 is 1.33 bits per heavy atom. The summed E-state index contributed by atoms with van der Waals surface area (Å²) in [6, 6.07) is 7.76. The van der Waals surface area contributed by atoms with Gasteiger partial charge in [0.15, 0.2) is 5.96 Å². The number of nitrogens with two attached hydrogens (primary N) is 1. The second kappa shape index (κ2) is 13.5. The van der Waals surface area contributed by atoms with Crippen molar-refractivity contribution in [2.24, 2.45) is 16.6 Å². The molecule has 2 amide bonds. The van der Waals surface area contributed by atoms with Crippen molar-refractivity contribution in [2.75, 3.05) is 19.6 Å². The van der Waals surface area contributed by atoms with Crippen molar-refractivity contribution in [2.45, 2.75) is 59.0 Å². The van der Waals surface area contributed by atoms with Crippen LogP contribution in [0.1, 0.15) is 62.4 Å². The first-order valence-electron chi connectivity index (χ1n) is 10.6. The maximum Gasteiger partial charge on any atom is 0.251 e. The van der Waals surface area contributed by atoms with Crippen LogP contribution in [-0.2, 0) is 11.3 Å². The number of guanidine groups is 1. The number of primary amides is 1. The van der Waals surface area contributed by atoms with E-state index in [4.69, 9.17) is 10.7 Å². The molecule has 1 aromatic rings. The molecule has 1 aliphatic rings. The summed E-state index contributed by atoms with van der Waals surface area (Å²) >= 11 is 0. The van der Waals surface area contributed by atoms with Crippen molar-refractivity contribution in [3.05, 3.63) is 35.4 Å². The number of hydrogen-bond donors (Lipinski definition) is 3. The first-order chi connectivity index (χ1) is 13.9. The number of nitrogens with zero attached hydrogens (tertiary/aromatic N) is 2. The van der Waals surface area contributed by atoms with E-state index in [2.05, 4.69) is 15.5 Å². The third-order valence-corrected chi connectivity index (χ3v) is 5.23. The van der Waals surface area contributed by atoms with E-state index in [1.54, 1.807) is 0 Å². The van der Waals surface area contributed by atoms with Gasteiger partial charge in [-0.1, -0.05) is 19.1 Å². The van der Waals surface area contributed by atoms with E-state index in [-0.39, 0.29) is 47.8 Å². The molecule has 2 rings (SSSR count). The summed E-state index contributed by atoms with van der Waals surface area (Å²) < 4.78 is 0. The van der Waals surface area contributed by atoms with Crippen LogP contribution in [0, 0.1) is 5.92 Å². The average molecular weight is 529 g/mol. The highest BCUT2D eigenvalue weighted by Gasteiger charge is 2.23. The lowest BCUT2D eigenvalue weighted by molar-refractivity contribution is -0.119. The molecule has 168 valence electrons. The quantitative estimate of drug-likeness (QED) is 0.274. The highest BCUT2D eigenvalue weighted by Crippen LogP contribution is 2.19. The molecule has 1 fully saturated rings. The number of piperidine rings is 1. The molecule has 0 saturated carbocycles. The van der Waals surface area contributed by atoms with Gasteiger partial charge in [0.25, 0.3) is 5.91 Å². The molecule has 0 bridgehead atoms. The highest BCUT2D eigenvalue weighted by molar-refractivity contribution is 14.0. The van der Waals surface area contributed by atoms with Crippen LogP contribution in [0.25, 0.3) is 0 Å². The third-order valence-electron chi connectivity index (χ3n) is 5.23. The summed E-state index contributed by atoms with van der Waals surface area (Å²) in [7, 11) is 0. The van der Waals surface area contributed by atoms with Gasteiger partial charge < -0.3 is 21.3 Å². The molecule has 2 atom stereocenters. The molecular formula is C22H36IN5O2. The van der Waals surface area contributed by atoms with Crippen molar-refractivity contribution in [3.8, 4) is 0 Å². The van der Waals surface area contributed by atoms with Crippen molar-refractivity contribution >= 4 is 41.8 Å². The molecule has 7 nitrogen and oxygen atoms in total. The number of aliphatic imine (C=N–C) groups is 1. The lowest BCUT2D eigenvalue weighted by atomic mass is 9.95. The van der Waals surface area contributed by atoms with Crippen LogP contribution < -0.4 is 16.4 Å². The zero-order chi connectivity index (χ0) is 21.2. The molecule has 4 N–H and O–H groups in total. The minimum Gasteiger partial charge on any atom is -0.370 e. The number of halogens is 1. The smallest absolute Gasteiger partial charge is 0.251 e. The fourth-order valence-corrected chi connectivity index (χ4v) is 3.52. The maximum absolute atomic E-state index is 12.4. The van der Waals surface area contributed by atoms with Crippen LogP contribution >= 0.6 is 24.0 Å².